The van der Waals surface area contributed by atoms with Crippen LogP contribution in [0.25, 0.3) is 0 Å². The van der Waals surface area contributed by atoms with Gasteiger partial charge in [0.1, 0.15) is 17.1 Å². The van der Waals surface area contributed by atoms with Crippen molar-refractivity contribution in [2.75, 3.05) is 32.2 Å². The van der Waals surface area contributed by atoms with Gasteiger partial charge in [0.15, 0.2) is 24.8 Å². The molecule has 0 spiro atoms. The van der Waals surface area contributed by atoms with Crippen molar-refractivity contribution < 1.29 is 62.0 Å². The summed E-state index contributed by atoms with van der Waals surface area (Å²) in [6.07, 6.45) is 4.93. The van der Waals surface area contributed by atoms with E-state index in [0.717, 1.165) is 37.7 Å². The number of Topliss-reactive ketones (excluding diaryl/α,β-unsaturated/α-hetero) is 2. The first-order valence-electron chi connectivity index (χ1n) is 22.1. The Morgan fingerprint density at radius 3 is 1.62 bits per heavy atom. The van der Waals surface area contributed by atoms with Gasteiger partial charge in [0.25, 0.3) is 11.8 Å². The Hall–Kier alpha value is -7.68. The van der Waals surface area contributed by atoms with E-state index in [1.54, 1.807) is 12.1 Å². The number of rotatable bonds is 18. The van der Waals surface area contributed by atoms with Gasteiger partial charge < -0.3 is 34.3 Å². The fourth-order valence-corrected chi connectivity index (χ4v) is 9.63. The number of amides is 2. The molecule has 4 aliphatic carbocycles. The van der Waals surface area contributed by atoms with Crippen LogP contribution in [-0.2, 0) is 28.5 Å². The lowest BCUT2D eigenvalue weighted by Crippen LogP contribution is -2.58. The average Bonchev–Trinajstić information content (AvgIpc) is 3.30. The van der Waals surface area contributed by atoms with Crippen LogP contribution in [0.4, 0.5) is 5.69 Å². The first-order chi connectivity index (χ1) is 32.3. The van der Waals surface area contributed by atoms with Gasteiger partial charge in [0.05, 0.1) is 40.0 Å². The zero-order valence-electron chi connectivity index (χ0n) is 38.3. The molecule has 4 aromatic carbocycles. The van der Waals surface area contributed by atoms with Crippen LogP contribution in [0.3, 0.4) is 0 Å². The van der Waals surface area contributed by atoms with Crippen LogP contribution >= 0.6 is 0 Å². The summed E-state index contributed by atoms with van der Waals surface area (Å²) in [5.74, 6) is -4.49. The molecule has 4 aromatic rings. The molecule has 68 heavy (non-hydrogen) atoms. The standard InChI is InChI=1S/C53H52N2O13/c1-30(2)44(56)26-64-50(62)40-17-15-38(20-42(40)46(58)54-6)67-39-16-18-41(51(63)65-27-45(57)31(3)4)43(21-39)47(59)55-37-13-11-36(12-14-37)49(61)68-53-24-33-19-34(25-53)23-52(22-33,28-53)29-66-48(60)35-9-7-32(5)8-10-35/h7-18,20-21,33-34H,1,3,19,22-29H2,2,4-6H3,(H,54,58)(H,55,59). The molecular formula is C53H52N2O13. The summed E-state index contributed by atoms with van der Waals surface area (Å²) in [5, 5.41) is 5.17. The highest BCUT2D eigenvalue weighted by atomic mass is 16.6. The summed E-state index contributed by atoms with van der Waals surface area (Å²) in [6, 6.07) is 21.1. The van der Waals surface area contributed by atoms with Crippen molar-refractivity contribution in [3.8, 4) is 11.5 Å². The van der Waals surface area contributed by atoms with Gasteiger partial charge in [-0.25, -0.2) is 19.2 Å². The molecule has 0 aliphatic heterocycles. The van der Waals surface area contributed by atoms with E-state index in [1.165, 1.54) is 81.6 Å². The number of carbonyl (C=O) groups is 8. The van der Waals surface area contributed by atoms with E-state index in [1.807, 2.05) is 19.1 Å². The summed E-state index contributed by atoms with van der Waals surface area (Å²) < 4.78 is 28.6. The summed E-state index contributed by atoms with van der Waals surface area (Å²) >= 11 is 0. The Kier molecular flexibility index (Phi) is 14.2. The van der Waals surface area contributed by atoms with Crippen molar-refractivity contribution in [3.63, 3.8) is 0 Å². The number of nitrogens with one attached hydrogen (secondary N) is 2. The maximum Gasteiger partial charge on any atom is 0.339 e. The number of hydrogen-bond donors (Lipinski definition) is 2. The summed E-state index contributed by atoms with van der Waals surface area (Å²) in [7, 11) is 1.36. The SMILES string of the molecule is C=C(C)C(=O)COC(=O)c1ccc(Oc2ccc(C(=O)OCC(=O)C(=C)C)c(C(=O)Nc3ccc(C(=O)OC45CC6CC(CC(COC(=O)c7ccc(C)cc7)(C6)C4)C5)cc3)c2)cc1C(=O)NC. The molecule has 4 saturated carbocycles. The molecule has 352 valence electrons. The predicted octanol–water partition coefficient (Wildman–Crippen LogP) is 8.36. The van der Waals surface area contributed by atoms with E-state index < -0.39 is 60.1 Å². The zero-order valence-corrected chi connectivity index (χ0v) is 38.3. The topological polar surface area (TPSA) is 207 Å². The minimum absolute atomic E-state index is 0.0314. The Bertz CT molecular complexity index is 2720. The third-order valence-electron chi connectivity index (χ3n) is 12.6. The van der Waals surface area contributed by atoms with Gasteiger partial charge in [0.2, 0.25) is 0 Å². The summed E-state index contributed by atoms with van der Waals surface area (Å²) in [6.45, 7) is 11.1. The average molecular weight is 925 g/mol. The van der Waals surface area contributed by atoms with Crippen molar-refractivity contribution in [1.29, 1.82) is 0 Å². The first-order valence-corrected chi connectivity index (χ1v) is 22.1. The van der Waals surface area contributed by atoms with Crippen molar-refractivity contribution in [2.45, 2.75) is 64.9 Å². The molecule has 8 rings (SSSR count). The molecule has 2 unspecified atom stereocenters. The Morgan fingerprint density at radius 1 is 0.603 bits per heavy atom. The monoisotopic (exact) mass is 924 g/mol. The molecule has 4 bridgehead atoms. The van der Waals surface area contributed by atoms with Crippen LogP contribution in [0.15, 0.2) is 109 Å². The van der Waals surface area contributed by atoms with E-state index in [2.05, 4.69) is 23.8 Å². The molecule has 0 aromatic heterocycles. The zero-order chi connectivity index (χ0) is 48.9. The second kappa shape index (κ2) is 20.0. The minimum Gasteiger partial charge on any atom is -0.462 e. The lowest BCUT2D eigenvalue weighted by molar-refractivity contribution is -0.177. The summed E-state index contributed by atoms with van der Waals surface area (Å²) in [5.41, 5.74) is 0.738. The van der Waals surface area contributed by atoms with Gasteiger partial charge in [-0.3, -0.25) is 19.2 Å². The van der Waals surface area contributed by atoms with Gasteiger partial charge in [-0.2, -0.15) is 0 Å². The molecule has 4 fully saturated rings. The van der Waals surface area contributed by atoms with E-state index in [4.69, 9.17) is 23.7 Å². The van der Waals surface area contributed by atoms with Crippen molar-refractivity contribution in [2.24, 2.45) is 17.3 Å². The van der Waals surface area contributed by atoms with Gasteiger partial charge in [-0.1, -0.05) is 30.9 Å². The van der Waals surface area contributed by atoms with Gasteiger partial charge in [-0.05, 0) is 155 Å². The number of esters is 4. The predicted molar refractivity (Wildman–Crippen MR) is 248 cm³/mol. The van der Waals surface area contributed by atoms with Crippen molar-refractivity contribution in [1.82, 2.24) is 5.32 Å². The van der Waals surface area contributed by atoms with Crippen LogP contribution < -0.4 is 15.4 Å². The maximum absolute atomic E-state index is 14.0. The Labute approximate surface area is 393 Å². The van der Waals surface area contributed by atoms with Crippen molar-refractivity contribution in [3.05, 3.63) is 148 Å². The number of ketones is 2. The smallest absolute Gasteiger partial charge is 0.339 e. The number of benzene rings is 4. The molecular weight excluding hydrogens is 873 g/mol. The Balaban J connectivity index is 1.06. The van der Waals surface area contributed by atoms with E-state index >= 15 is 0 Å². The highest BCUT2D eigenvalue weighted by Gasteiger charge is 2.60. The highest BCUT2D eigenvalue weighted by Crippen LogP contribution is 2.63. The van der Waals surface area contributed by atoms with Crippen LogP contribution in [0.5, 0.6) is 11.5 Å². The van der Waals surface area contributed by atoms with E-state index in [0.29, 0.717) is 23.8 Å². The van der Waals surface area contributed by atoms with E-state index in [9.17, 15) is 38.4 Å². The molecule has 15 heteroatoms. The maximum atomic E-state index is 14.0. The van der Waals surface area contributed by atoms with Crippen LogP contribution in [0.1, 0.15) is 120 Å². The van der Waals surface area contributed by atoms with Gasteiger partial charge in [-0.15, -0.1) is 0 Å². The number of anilines is 1. The van der Waals surface area contributed by atoms with Crippen LogP contribution in [0.2, 0.25) is 0 Å². The number of carbonyl (C=O) groups excluding carboxylic acids is 8. The van der Waals surface area contributed by atoms with E-state index in [-0.39, 0.29) is 74.1 Å². The minimum atomic E-state index is -0.986. The third kappa shape index (κ3) is 11.1. The van der Waals surface area contributed by atoms with Crippen LogP contribution in [0, 0.1) is 24.2 Å². The molecule has 4 aliphatic rings. The molecule has 0 heterocycles. The number of ether oxygens (including phenoxy) is 5. The summed E-state index contributed by atoms with van der Waals surface area (Å²) in [4.78, 5) is 104. The molecule has 0 saturated heterocycles. The quantitative estimate of drug-likeness (QED) is 0.0547. The third-order valence-corrected chi connectivity index (χ3v) is 12.6. The Morgan fingerprint density at radius 2 is 1.10 bits per heavy atom. The number of aryl methyl sites for hydroxylation is 1. The first kappa shape index (κ1) is 48.3. The second-order valence-corrected chi connectivity index (χ2v) is 18.2. The number of hydrogen-bond acceptors (Lipinski definition) is 13. The molecule has 2 amide bonds. The largest absolute Gasteiger partial charge is 0.462 e. The lowest BCUT2D eigenvalue weighted by atomic mass is 9.48. The normalized spacial score (nSPS) is 19.7. The molecule has 15 nitrogen and oxygen atoms in total. The molecule has 2 N–H and O–H groups in total. The second-order valence-electron chi connectivity index (χ2n) is 18.2. The fraction of sp³-hybridized carbons (Fsp3) is 0.321. The van der Waals surface area contributed by atoms with Crippen LogP contribution in [-0.4, -0.2) is 79.7 Å². The van der Waals surface area contributed by atoms with Crippen molar-refractivity contribution >= 4 is 52.9 Å². The van der Waals surface area contributed by atoms with Gasteiger partial charge >= 0.3 is 23.9 Å². The molecule has 2 atom stereocenters. The fourth-order valence-electron chi connectivity index (χ4n) is 9.63. The lowest BCUT2D eigenvalue weighted by Gasteiger charge is -2.60. The van der Waals surface area contributed by atoms with Gasteiger partial charge in [0, 0.05) is 18.2 Å². The highest BCUT2D eigenvalue weighted by molar-refractivity contribution is 6.12. The molecule has 0 radical (unpaired) electrons.